The number of aromatic nitrogens is 2. The first-order chi connectivity index (χ1) is 16.1. The molecule has 1 aromatic heterocycles. The molecule has 0 saturated carbocycles. The Balaban J connectivity index is 1.45. The Labute approximate surface area is 196 Å². The van der Waals surface area contributed by atoms with Crippen LogP contribution in [0.1, 0.15) is 23.6 Å². The first kappa shape index (κ1) is 21.3. The number of amides is 1. The Bertz CT molecular complexity index is 1330. The Morgan fingerprint density at radius 1 is 1.09 bits per heavy atom. The predicted octanol–water partition coefficient (Wildman–Crippen LogP) is 5.05. The summed E-state index contributed by atoms with van der Waals surface area (Å²) >= 11 is 1.42. The molecule has 166 valence electrons. The van der Waals surface area contributed by atoms with E-state index < -0.39 is 0 Å². The van der Waals surface area contributed by atoms with Crippen molar-refractivity contribution in [3.05, 3.63) is 90.3 Å². The molecule has 6 nitrogen and oxygen atoms in total. The molecule has 0 N–H and O–H groups in total. The maximum absolute atomic E-state index is 13.3. The second-order valence-electron chi connectivity index (χ2n) is 7.95. The van der Waals surface area contributed by atoms with E-state index in [1.807, 2.05) is 54.2 Å². The van der Waals surface area contributed by atoms with Gasteiger partial charge in [0.15, 0.2) is 5.16 Å². The van der Waals surface area contributed by atoms with Gasteiger partial charge in [-0.2, -0.15) is 5.10 Å². The number of imidazole rings is 1. The van der Waals surface area contributed by atoms with Crippen molar-refractivity contribution < 1.29 is 9.53 Å². The summed E-state index contributed by atoms with van der Waals surface area (Å²) in [4.78, 5) is 17.6. The largest absolute Gasteiger partial charge is 0.497 e. The number of rotatable bonds is 6. The second kappa shape index (κ2) is 9.11. The number of carbonyl (C=O) groups excluding carboxylic acids is 1. The van der Waals surface area contributed by atoms with E-state index in [4.69, 9.17) is 9.84 Å². The van der Waals surface area contributed by atoms with Crippen molar-refractivity contribution in [3.8, 4) is 5.75 Å². The van der Waals surface area contributed by atoms with E-state index in [0.717, 1.165) is 33.1 Å². The third-order valence-electron chi connectivity index (χ3n) is 5.85. The average molecular weight is 457 g/mol. The van der Waals surface area contributed by atoms with Gasteiger partial charge in [0.1, 0.15) is 5.75 Å². The van der Waals surface area contributed by atoms with Gasteiger partial charge in [0.25, 0.3) is 5.91 Å². The van der Waals surface area contributed by atoms with Gasteiger partial charge in [0.2, 0.25) is 0 Å². The summed E-state index contributed by atoms with van der Waals surface area (Å²) in [6.07, 6.45) is 4.26. The van der Waals surface area contributed by atoms with Gasteiger partial charge in [-0.15, -0.1) is 0 Å². The van der Waals surface area contributed by atoms with Crippen molar-refractivity contribution in [2.45, 2.75) is 17.6 Å². The number of benzene rings is 3. The van der Waals surface area contributed by atoms with E-state index in [1.165, 1.54) is 17.1 Å². The Morgan fingerprint density at radius 3 is 2.61 bits per heavy atom. The molecule has 0 unspecified atom stereocenters. The number of hydrogen-bond acceptors (Lipinski definition) is 5. The first-order valence-corrected chi connectivity index (χ1v) is 11.7. The lowest BCUT2D eigenvalue weighted by molar-refractivity contribution is -0.130. The molecule has 5 rings (SSSR count). The summed E-state index contributed by atoms with van der Waals surface area (Å²) in [7, 11) is 3.57. The molecular formula is C26H24N4O2S. The summed E-state index contributed by atoms with van der Waals surface area (Å²) in [5.41, 5.74) is 2.99. The molecule has 0 saturated heterocycles. The van der Waals surface area contributed by atoms with E-state index in [1.54, 1.807) is 18.3 Å². The fourth-order valence-corrected chi connectivity index (χ4v) is 4.84. The molecule has 7 heteroatoms. The summed E-state index contributed by atoms with van der Waals surface area (Å²) in [5, 5.41) is 9.61. The monoisotopic (exact) mass is 456 g/mol. The van der Waals surface area contributed by atoms with Crippen LogP contribution in [0.25, 0.3) is 10.8 Å². The number of ether oxygens (including phenoxy) is 1. The topological polar surface area (TPSA) is 59.7 Å². The van der Waals surface area contributed by atoms with Crippen LogP contribution in [0.4, 0.5) is 0 Å². The van der Waals surface area contributed by atoms with Crippen LogP contribution in [0.3, 0.4) is 0 Å². The van der Waals surface area contributed by atoms with Gasteiger partial charge in [0, 0.05) is 25.9 Å². The Kier molecular flexibility index (Phi) is 5.88. The third kappa shape index (κ3) is 4.36. The van der Waals surface area contributed by atoms with Gasteiger partial charge in [-0.1, -0.05) is 60.3 Å². The van der Waals surface area contributed by atoms with E-state index in [9.17, 15) is 4.79 Å². The fourth-order valence-electron chi connectivity index (χ4n) is 4.05. The number of aryl methyl sites for hydroxylation is 1. The highest BCUT2D eigenvalue weighted by Gasteiger charge is 2.33. The zero-order valence-corrected chi connectivity index (χ0v) is 19.3. The molecule has 1 aliphatic rings. The number of hydrazone groups is 1. The molecule has 2 heterocycles. The van der Waals surface area contributed by atoms with Crippen molar-refractivity contribution >= 4 is 34.2 Å². The molecule has 0 radical (unpaired) electrons. The molecule has 4 aromatic rings. The zero-order valence-electron chi connectivity index (χ0n) is 18.5. The van der Waals surface area contributed by atoms with Crippen LogP contribution in [0.5, 0.6) is 5.75 Å². The Hall–Kier alpha value is -3.58. The van der Waals surface area contributed by atoms with Crippen molar-refractivity contribution in [3.63, 3.8) is 0 Å². The fraction of sp³-hybridized carbons (Fsp3) is 0.192. The molecule has 0 aliphatic carbocycles. The number of methoxy groups -OCH3 is 1. The van der Waals surface area contributed by atoms with Crippen molar-refractivity contribution in [2.75, 3.05) is 12.9 Å². The van der Waals surface area contributed by atoms with Crippen molar-refractivity contribution in [1.29, 1.82) is 0 Å². The van der Waals surface area contributed by atoms with Gasteiger partial charge in [-0.3, -0.25) is 4.79 Å². The molecule has 1 atom stereocenters. The Morgan fingerprint density at radius 2 is 1.88 bits per heavy atom. The lowest BCUT2D eigenvalue weighted by atomic mass is 9.97. The van der Waals surface area contributed by atoms with Crippen LogP contribution < -0.4 is 4.74 Å². The van der Waals surface area contributed by atoms with E-state index >= 15 is 0 Å². The van der Waals surface area contributed by atoms with Crippen molar-refractivity contribution in [1.82, 2.24) is 14.6 Å². The highest BCUT2D eigenvalue weighted by Crippen LogP contribution is 2.35. The van der Waals surface area contributed by atoms with Crippen LogP contribution in [-0.4, -0.2) is 39.0 Å². The van der Waals surface area contributed by atoms with Gasteiger partial charge in [-0.05, 0) is 40.1 Å². The molecular weight excluding hydrogens is 432 g/mol. The van der Waals surface area contributed by atoms with Gasteiger partial charge < -0.3 is 9.30 Å². The summed E-state index contributed by atoms with van der Waals surface area (Å²) in [6, 6.07) is 22.3. The van der Waals surface area contributed by atoms with Crippen molar-refractivity contribution in [2.24, 2.45) is 12.1 Å². The van der Waals surface area contributed by atoms with Crippen LogP contribution >= 0.6 is 11.8 Å². The van der Waals surface area contributed by atoms with Gasteiger partial charge in [-0.25, -0.2) is 9.99 Å². The predicted molar refractivity (Wildman–Crippen MR) is 132 cm³/mol. The third-order valence-corrected chi connectivity index (χ3v) is 6.89. The molecule has 33 heavy (non-hydrogen) atoms. The number of thioether (sulfide) groups is 1. The number of carbonyl (C=O) groups is 1. The average Bonchev–Trinajstić information content (AvgIpc) is 3.49. The maximum atomic E-state index is 13.3. The van der Waals surface area contributed by atoms with Crippen LogP contribution in [-0.2, 0) is 11.8 Å². The minimum atomic E-state index is -0.160. The maximum Gasteiger partial charge on any atom is 0.253 e. The number of hydrogen-bond donors (Lipinski definition) is 0. The number of nitrogens with zero attached hydrogens (tertiary/aromatic N) is 4. The standard InChI is InChI=1S/C26H24N4O2S/c1-29-14-13-27-26(29)33-17-25(31)30-24(19-9-11-22(32-2)12-10-19)16-23(28-30)21-8-7-18-5-3-4-6-20(18)15-21/h3-15,24H,16-17H2,1-2H3/t24-/m0/s1. The molecule has 3 aromatic carbocycles. The van der Waals surface area contributed by atoms with Gasteiger partial charge >= 0.3 is 0 Å². The molecule has 0 fully saturated rings. The molecule has 0 spiro atoms. The van der Waals surface area contributed by atoms with Crippen LogP contribution in [0.2, 0.25) is 0 Å². The normalized spacial score (nSPS) is 15.6. The quantitative estimate of drug-likeness (QED) is 0.381. The highest BCUT2D eigenvalue weighted by molar-refractivity contribution is 7.99. The smallest absolute Gasteiger partial charge is 0.253 e. The van der Waals surface area contributed by atoms with E-state index in [0.29, 0.717) is 6.42 Å². The summed E-state index contributed by atoms with van der Waals surface area (Å²) < 4.78 is 7.22. The first-order valence-electron chi connectivity index (χ1n) is 10.7. The zero-order chi connectivity index (χ0) is 22.8. The van der Waals surface area contributed by atoms with E-state index in [-0.39, 0.29) is 17.7 Å². The number of fused-ring (bicyclic) bond motifs is 1. The minimum Gasteiger partial charge on any atom is -0.497 e. The molecule has 1 amide bonds. The lowest BCUT2D eigenvalue weighted by Crippen LogP contribution is -2.28. The van der Waals surface area contributed by atoms with Gasteiger partial charge in [0.05, 0.1) is 24.6 Å². The molecule has 1 aliphatic heterocycles. The summed E-state index contributed by atoms with van der Waals surface area (Å²) in [5.74, 6) is 1.02. The van der Waals surface area contributed by atoms with E-state index in [2.05, 4.69) is 35.3 Å². The molecule has 0 bridgehead atoms. The minimum absolute atomic E-state index is 0.0420. The van der Waals surface area contributed by atoms with Crippen LogP contribution in [0.15, 0.2) is 89.4 Å². The second-order valence-corrected chi connectivity index (χ2v) is 8.89. The highest BCUT2D eigenvalue weighted by atomic mass is 32.2. The lowest BCUT2D eigenvalue weighted by Gasteiger charge is -2.22. The SMILES string of the molecule is COc1ccc([C@@H]2CC(c3ccc4ccccc4c3)=NN2C(=O)CSc2nccn2C)cc1. The van der Waals surface area contributed by atoms with Crippen LogP contribution in [0, 0.1) is 0 Å². The summed E-state index contributed by atoms with van der Waals surface area (Å²) in [6.45, 7) is 0.